The van der Waals surface area contributed by atoms with Crippen molar-refractivity contribution in [1.29, 1.82) is 0 Å². The fourth-order valence-corrected chi connectivity index (χ4v) is 2.37. The molecule has 2 aromatic rings. The van der Waals surface area contributed by atoms with Crippen molar-refractivity contribution in [2.24, 2.45) is 15.8 Å². The molecular weight excluding hydrogens is 294 g/mol. The van der Waals surface area contributed by atoms with Crippen molar-refractivity contribution >= 4 is 22.9 Å². The van der Waals surface area contributed by atoms with Crippen molar-refractivity contribution in [2.45, 2.75) is 0 Å². The van der Waals surface area contributed by atoms with E-state index in [1.807, 2.05) is 30.3 Å². The Labute approximate surface area is 132 Å². The number of likely N-dealkylation sites (N-methyl/N-ethyl adjacent to an activating group) is 1. The molecule has 0 saturated heterocycles. The first kappa shape index (κ1) is 14.9. The second kappa shape index (κ2) is 5.98. The Kier molecular flexibility index (Phi) is 3.86. The van der Waals surface area contributed by atoms with Gasteiger partial charge < -0.3 is 0 Å². The van der Waals surface area contributed by atoms with Gasteiger partial charge in [0.05, 0.1) is 22.9 Å². The van der Waals surface area contributed by atoms with Gasteiger partial charge in [0.25, 0.3) is 5.69 Å². The van der Waals surface area contributed by atoms with Crippen LogP contribution in [0.5, 0.6) is 0 Å². The minimum absolute atomic E-state index is 0.00661. The summed E-state index contributed by atoms with van der Waals surface area (Å²) in [6.45, 7) is 0.305. The van der Waals surface area contributed by atoms with Crippen LogP contribution in [0.1, 0.15) is 11.1 Å². The van der Waals surface area contributed by atoms with Crippen molar-refractivity contribution in [3.63, 3.8) is 0 Å². The highest BCUT2D eigenvalue weighted by molar-refractivity contribution is 6.17. The molecule has 3 rings (SSSR count). The van der Waals surface area contributed by atoms with Crippen molar-refractivity contribution in [3.05, 3.63) is 69.8 Å². The lowest BCUT2D eigenvalue weighted by molar-refractivity contribution is -0.384. The second-order valence-electron chi connectivity index (χ2n) is 5.13. The lowest BCUT2D eigenvalue weighted by atomic mass is 10.00. The molecule has 0 amide bonds. The maximum absolute atomic E-state index is 11.1. The number of nitrogens with zero attached hydrogens (tertiary/aromatic N) is 4. The molecule has 23 heavy (non-hydrogen) atoms. The van der Waals surface area contributed by atoms with Crippen LogP contribution in [0.25, 0.3) is 0 Å². The van der Waals surface area contributed by atoms with Crippen LogP contribution < -0.4 is 5.84 Å². The monoisotopic (exact) mass is 309 g/mol. The minimum atomic E-state index is -0.423. The van der Waals surface area contributed by atoms with Crippen LogP contribution >= 0.6 is 0 Å². The van der Waals surface area contributed by atoms with E-state index >= 15 is 0 Å². The topological polar surface area (TPSA) is 97.1 Å². The van der Waals surface area contributed by atoms with Gasteiger partial charge in [-0.15, -0.1) is 0 Å². The average Bonchev–Trinajstić information content (AvgIpc) is 2.74. The number of hydrazine groups is 1. The highest BCUT2D eigenvalue weighted by Crippen LogP contribution is 2.29. The van der Waals surface area contributed by atoms with Crippen LogP contribution in [0.3, 0.4) is 0 Å². The van der Waals surface area contributed by atoms with Gasteiger partial charge in [-0.05, 0) is 6.07 Å². The number of nitro groups is 1. The van der Waals surface area contributed by atoms with Crippen molar-refractivity contribution in [1.82, 2.24) is 5.01 Å². The number of hydrogen-bond donors (Lipinski definition) is 1. The Morgan fingerprint density at radius 2 is 1.96 bits per heavy atom. The Morgan fingerprint density at radius 1 is 1.22 bits per heavy atom. The highest BCUT2D eigenvalue weighted by Gasteiger charge is 2.20. The molecule has 7 heteroatoms. The third-order valence-electron chi connectivity index (χ3n) is 3.53. The smallest absolute Gasteiger partial charge is 0.270 e. The number of non-ortho nitro benzene ring substituents is 1. The molecule has 0 spiro atoms. The van der Waals surface area contributed by atoms with E-state index in [-0.39, 0.29) is 5.69 Å². The Hall–Kier alpha value is -3.06. The van der Waals surface area contributed by atoms with Gasteiger partial charge in [0.15, 0.2) is 0 Å². The van der Waals surface area contributed by atoms with Crippen LogP contribution in [0, 0.1) is 10.1 Å². The first-order valence-corrected chi connectivity index (χ1v) is 7.01. The zero-order valence-corrected chi connectivity index (χ0v) is 12.5. The molecule has 2 aromatic carbocycles. The van der Waals surface area contributed by atoms with E-state index in [0.717, 1.165) is 5.56 Å². The van der Waals surface area contributed by atoms with Gasteiger partial charge in [-0.25, -0.2) is 10.8 Å². The molecule has 0 radical (unpaired) electrons. The molecular formula is C16H15N5O2. The molecule has 1 aliphatic heterocycles. The molecule has 0 aliphatic carbocycles. The lowest BCUT2D eigenvalue weighted by Gasteiger charge is -2.12. The number of aliphatic imine (C=N–C) groups is 2. The van der Waals surface area contributed by atoms with E-state index in [4.69, 9.17) is 5.84 Å². The van der Waals surface area contributed by atoms with E-state index in [2.05, 4.69) is 9.98 Å². The average molecular weight is 309 g/mol. The quantitative estimate of drug-likeness (QED) is 0.523. The summed E-state index contributed by atoms with van der Waals surface area (Å²) in [5, 5.41) is 12.5. The van der Waals surface area contributed by atoms with Gasteiger partial charge in [0.1, 0.15) is 5.84 Å². The molecule has 0 atom stereocenters. The summed E-state index contributed by atoms with van der Waals surface area (Å²) in [5.41, 5.74) is 2.80. The Bertz CT molecular complexity index is 812. The lowest BCUT2D eigenvalue weighted by Crippen LogP contribution is -2.34. The highest BCUT2D eigenvalue weighted by atomic mass is 16.6. The normalized spacial score (nSPS) is 13.5. The Balaban J connectivity index is 2.21. The maximum atomic E-state index is 11.1. The van der Waals surface area contributed by atoms with Gasteiger partial charge >= 0.3 is 0 Å². The summed E-state index contributed by atoms with van der Waals surface area (Å²) in [4.78, 5) is 19.7. The zero-order chi connectivity index (χ0) is 16.4. The first-order valence-electron chi connectivity index (χ1n) is 7.01. The molecule has 0 unspecified atom stereocenters. The number of nitro benzene ring substituents is 1. The largest absolute Gasteiger partial charge is 0.300 e. The van der Waals surface area contributed by atoms with Crippen LogP contribution in [0.15, 0.2) is 58.5 Å². The third-order valence-corrected chi connectivity index (χ3v) is 3.53. The van der Waals surface area contributed by atoms with Crippen molar-refractivity contribution < 1.29 is 4.92 Å². The number of nitrogens with two attached hydrogens (primary N) is 1. The molecule has 1 heterocycles. The van der Waals surface area contributed by atoms with Crippen LogP contribution in [-0.2, 0) is 0 Å². The van der Waals surface area contributed by atoms with Crippen molar-refractivity contribution in [2.75, 3.05) is 13.6 Å². The second-order valence-corrected chi connectivity index (χ2v) is 5.13. The maximum Gasteiger partial charge on any atom is 0.270 e. The molecule has 0 fully saturated rings. The predicted octanol–water partition coefficient (Wildman–Crippen LogP) is 2.28. The fraction of sp³-hybridized carbons (Fsp3) is 0.125. The summed E-state index contributed by atoms with van der Waals surface area (Å²) in [6.07, 6.45) is 0. The SMILES string of the molecule is CN(N)C1=Nc2ccc([N+](=O)[O-])cc2C(c2ccccc2)=NC1. The van der Waals surface area contributed by atoms with E-state index in [9.17, 15) is 10.1 Å². The van der Waals surface area contributed by atoms with Crippen LogP contribution in [0.4, 0.5) is 11.4 Å². The molecule has 0 bridgehead atoms. The van der Waals surface area contributed by atoms with Gasteiger partial charge in [0, 0.05) is 30.3 Å². The van der Waals surface area contributed by atoms with Gasteiger partial charge in [-0.3, -0.25) is 20.1 Å². The summed E-state index contributed by atoms with van der Waals surface area (Å²) in [7, 11) is 1.69. The number of amidine groups is 1. The number of benzene rings is 2. The first-order chi connectivity index (χ1) is 11.1. The molecule has 2 N–H and O–H groups in total. The van der Waals surface area contributed by atoms with Gasteiger partial charge in [-0.2, -0.15) is 0 Å². The van der Waals surface area contributed by atoms with Gasteiger partial charge in [0.2, 0.25) is 0 Å². The summed E-state index contributed by atoms with van der Waals surface area (Å²) in [6, 6.07) is 14.1. The predicted molar refractivity (Wildman–Crippen MR) is 89.1 cm³/mol. The fourth-order valence-electron chi connectivity index (χ4n) is 2.37. The van der Waals surface area contributed by atoms with E-state index in [1.54, 1.807) is 13.1 Å². The van der Waals surface area contributed by atoms with Gasteiger partial charge in [-0.1, -0.05) is 30.3 Å². The molecule has 116 valence electrons. The van der Waals surface area contributed by atoms with E-state index < -0.39 is 4.92 Å². The summed E-state index contributed by atoms with van der Waals surface area (Å²) >= 11 is 0. The van der Waals surface area contributed by atoms with Crippen LogP contribution in [-0.4, -0.2) is 35.1 Å². The minimum Gasteiger partial charge on any atom is -0.300 e. The molecule has 1 aliphatic rings. The number of hydrogen-bond acceptors (Lipinski definition) is 6. The number of rotatable bonds is 2. The summed E-state index contributed by atoms with van der Waals surface area (Å²) < 4.78 is 0. The Morgan fingerprint density at radius 3 is 2.61 bits per heavy atom. The standard InChI is InChI=1S/C16H15N5O2/c1-20(17)15-10-18-16(11-5-3-2-4-6-11)13-9-12(21(22)23)7-8-14(13)19-15/h2-9H,10,17H2,1H3. The number of fused-ring (bicyclic) bond motifs is 1. The summed E-state index contributed by atoms with van der Waals surface area (Å²) in [5.74, 6) is 6.37. The molecule has 0 aromatic heterocycles. The van der Waals surface area contributed by atoms with E-state index in [0.29, 0.717) is 29.3 Å². The van der Waals surface area contributed by atoms with Crippen LogP contribution in [0.2, 0.25) is 0 Å². The van der Waals surface area contributed by atoms with Crippen molar-refractivity contribution in [3.8, 4) is 0 Å². The molecule has 0 saturated carbocycles. The third kappa shape index (κ3) is 2.95. The van der Waals surface area contributed by atoms with E-state index in [1.165, 1.54) is 17.1 Å². The zero-order valence-electron chi connectivity index (χ0n) is 12.5. The molecule has 7 nitrogen and oxygen atoms in total.